The summed E-state index contributed by atoms with van der Waals surface area (Å²) in [5.41, 5.74) is -0.314. The van der Waals surface area contributed by atoms with Crippen molar-refractivity contribution in [1.82, 2.24) is 10.2 Å². The van der Waals surface area contributed by atoms with Crippen LogP contribution in [-0.4, -0.2) is 41.4 Å². The molecular formula is C21H23F3N2O4. The molecule has 0 unspecified atom stereocenters. The second-order valence-electron chi connectivity index (χ2n) is 7.38. The minimum atomic E-state index is -1.35. The Morgan fingerprint density at radius 1 is 1.33 bits per heavy atom. The molecule has 1 aromatic carbocycles. The highest BCUT2D eigenvalue weighted by Gasteiger charge is 2.34. The molecule has 1 heterocycles. The molecule has 6 nitrogen and oxygen atoms in total. The summed E-state index contributed by atoms with van der Waals surface area (Å²) >= 11 is 0. The SMILES string of the molecule is C#CCOC(=O)[C@@H](NC(=O)C[C@@H]1CCC(=O)N1Cc1cc(F)cc(F)c1F)C(C)C. The summed E-state index contributed by atoms with van der Waals surface area (Å²) in [6.45, 7) is 2.84. The average Bonchev–Trinajstić information content (AvgIpc) is 3.01. The van der Waals surface area contributed by atoms with Crippen LogP contribution in [0.25, 0.3) is 0 Å². The standard InChI is InChI=1S/C21H23F3N2O4/c1-4-7-30-21(29)20(12(2)3)25-17(27)10-15-5-6-18(28)26(15)11-13-8-14(22)9-16(23)19(13)24/h1,8-9,12,15,20H,5-7,10-11H2,2-3H3,(H,25,27)/t15-,20-/m0/s1. The maximum Gasteiger partial charge on any atom is 0.329 e. The zero-order chi connectivity index (χ0) is 22.4. The fraction of sp³-hybridized carbons (Fsp3) is 0.476. The zero-order valence-corrected chi connectivity index (χ0v) is 16.7. The topological polar surface area (TPSA) is 75.7 Å². The monoisotopic (exact) mass is 424 g/mol. The number of nitrogens with one attached hydrogen (secondary N) is 1. The van der Waals surface area contributed by atoms with Crippen LogP contribution in [0, 0.1) is 35.7 Å². The number of nitrogens with zero attached hydrogens (tertiary/aromatic N) is 1. The second-order valence-corrected chi connectivity index (χ2v) is 7.38. The number of carbonyl (C=O) groups excluding carboxylic acids is 3. The fourth-order valence-corrected chi connectivity index (χ4v) is 3.28. The summed E-state index contributed by atoms with van der Waals surface area (Å²) in [4.78, 5) is 38.0. The summed E-state index contributed by atoms with van der Waals surface area (Å²) in [7, 11) is 0. The van der Waals surface area contributed by atoms with Gasteiger partial charge in [-0.3, -0.25) is 9.59 Å². The van der Waals surface area contributed by atoms with Gasteiger partial charge < -0.3 is 15.0 Å². The van der Waals surface area contributed by atoms with E-state index in [-0.39, 0.29) is 43.4 Å². The van der Waals surface area contributed by atoms with Crippen molar-refractivity contribution in [2.75, 3.05) is 6.61 Å². The van der Waals surface area contributed by atoms with Gasteiger partial charge in [-0.05, 0) is 18.4 Å². The number of halogens is 3. The Labute approximate surface area is 172 Å². The zero-order valence-electron chi connectivity index (χ0n) is 16.7. The lowest BCUT2D eigenvalue weighted by Crippen LogP contribution is -2.47. The van der Waals surface area contributed by atoms with Gasteiger partial charge in [0.15, 0.2) is 18.2 Å². The number of esters is 1. The van der Waals surface area contributed by atoms with E-state index in [0.29, 0.717) is 12.5 Å². The van der Waals surface area contributed by atoms with E-state index in [1.165, 1.54) is 4.90 Å². The smallest absolute Gasteiger partial charge is 0.329 e. The van der Waals surface area contributed by atoms with Gasteiger partial charge >= 0.3 is 5.97 Å². The van der Waals surface area contributed by atoms with E-state index in [0.717, 1.165) is 6.07 Å². The van der Waals surface area contributed by atoms with E-state index < -0.39 is 41.4 Å². The molecule has 0 saturated carbocycles. The Balaban J connectivity index is 2.07. The highest BCUT2D eigenvalue weighted by Crippen LogP contribution is 2.26. The van der Waals surface area contributed by atoms with E-state index in [1.807, 2.05) is 0 Å². The van der Waals surface area contributed by atoms with Crippen molar-refractivity contribution in [3.05, 3.63) is 35.1 Å². The Morgan fingerprint density at radius 2 is 2.03 bits per heavy atom. The van der Waals surface area contributed by atoms with Crippen LogP contribution in [0.1, 0.15) is 38.7 Å². The number of hydrogen-bond donors (Lipinski definition) is 1. The maximum atomic E-state index is 14.0. The van der Waals surface area contributed by atoms with E-state index in [2.05, 4.69) is 11.2 Å². The van der Waals surface area contributed by atoms with Crippen LogP contribution in [-0.2, 0) is 25.7 Å². The van der Waals surface area contributed by atoms with Crippen molar-refractivity contribution in [2.24, 2.45) is 5.92 Å². The van der Waals surface area contributed by atoms with E-state index in [1.54, 1.807) is 13.8 Å². The second kappa shape index (κ2) is 10.1. The Hall–Kier alpha value is -3.02. The molecule has 2 rings (SSSR count). The van der Waals surface area contributed by atoms with Crippen molar-refractivity contribution >= 4 is 17.8 Å². The molecule has 0 spiro atoms. The summed E-state index contributed by atoms with van der Waals surface area (Å²) in [6, 6.07) is -0.290. The van der Waals surface area contributed by atoms with Crippen LogP contribution >= 0.6 is 0 Å². The molecule has 0 aliphatic carbocycles. The van der Waals surface area contributed by atoms with Crippen molar-refractivity contribution in [3.8, 4) is 12.3 Å². The summed E-state index contributed by atoms with van der Waals surface area (Å²) in [5, 5.41) is 2.57. The Kier molecular flexibility index (Phi) is 7.86. The van der Waals surface area contributed by atoms with Gasteiger partial charge in [-0.2, -0.15) is 0 Å². The predicted molar refractivity (Wildman–Crippen MR) is 101 cm³/mol. The third-order valence-corrected chi connectivity index (χ3v) is 4.82. The molecule has 9 heteroatoms. The van der Waals surface area contributed by atoms with Gasteiger partial charge in [-0.1, -0.05) is 19.8 Å². The fourth-order valence-electron chi connectivity index (χ4n) is 3.28. The van der Waals surface area contributed by atoms with Crippen molar-refractivity contribution in [2.45, 2.75) is 51.7 Å². The first kappa shape index (κ1) is 23.3. The van der Waals surface area contributed by atoms with Gasteiger partial charge in [0, 0.05) is 37.1 Å². The molecule has 0 aromatic heterocycles. The number of carbonyl (C=O) groups is 3. The first-order valence-electron chi connectivity index (χ1n) is 9.46. The number of amides is 2. The van der Waals surface area contributed by atoms with Crippen LogP contribution in [0.4, 0.5) is 13.2 Å². The number of ether oxygens (including phenoxy) is 1. The molecule has 0 radical (unpaired) electrons. The number of rotatable bonds is 8. The van der Waals surface area contributed by atoms with Crippen LogP contribution in [0.2, 0.25) is 0 Å². The molecule has 162 valence electrons. The minimum absolute atomic E-state index is 0.120. The van der Waals surface area contributed by atoms with Gasteiger partial charge in [-0.15, -0.1) is 6.42 Å². The van der Waals surface area contributed by atoms with Gasteiger partial charge in [0.05, 0.1) is 0 Å². The lowest BCUT2D eigenvalue weighted by atomic mass is 10.0. The van der Waals surface area contributed by atoms with E-state index in [9.17, 15) is 27.6 Å². The summed E-state index contributed by atoms with van der Waals surface area (Å²) in [5.74, 6) is -3.20. The quantitative estimate of drug-likeness (QED) is 0.395. The minimum Gasteiger partial charge on any atom is -0.451 e. The van der Waals surface area contributed by atoms with Crippen LogP contribution < -0.4 is 5.32 Å². The van der Waals surface area contributed by atoms with Crippen LogP contribution in [0.5, 0.6) is 0 Å². The van der Waals surface area contributed by atoms with Gasteiger partial charge in [0.25, 0.3) is 0 Å². The van der Waals surface area contributed by atoms with Crippen LogP contribution in [0.3, 0.4) is 0 Å². The van der Waals surface area contributed by atoms with Crippen molar-refractivity contribution in [3.63, 3.8) is 0 Å². The molecule has 2 atom stereocenters. The molecule has 1 N–H and O–H groups in total. The van der Waals surface area contributed by atoms with Crippen molar-refractivity contribution in [1.29, 1.82) is 0 Å². The number of hydrogen-bond acceptors (Lipinski definition) is 4. The molecule has 1 aliphatic rings. The van der Waals surface area contributed by atoms with Crippen LogP contribution in [0.15, 0.2) is 12.1 Å². The first-order valence-corrected chi connectivity index (χ1v) is 9.46. The largest absolute Gasteiger partial charge is 0.451 e. The third kappa shape index (κ3) is 5.75. The first-order chi connectivity index (χ1) is 14.1. The number of benzene rings is 1. The molecule has 2 amide bonds. The van der Waals surface area contributed by atoms with E-state index in [4.69, 9.17) is 11.2 Å². The summed E-state index contributed by atoms with van der Waals surface area (Å²) in [6.07, 6.45) is 5.34. The molecule has 1 saturated heterocycles. The molecule has 1 aromatic rings. The normalized spacial score (nSPS) is 17.0. The third-order valence-electron chi connectivity index (χ3n) is 4.82. The highest BCUT2D eigenvalue weighted by atomic mass is 19.2. The van der Waals surface area contributed by atoms with Gasteiger partial charge in [0.2, 0.25) is 11.8 Å². The molecule has 30 heavy (non-hydrogen) atoms. The Bertz CT molecular complexity index is 867. The van der Waals surface area contributed by atoms with Crippen molar-refractivity contribution < 1.29 is 32.3 Å². The number of terminal acetylenes is 1. The average molecular weight is 424 g/mol. The maximum absolute atomic E-state index is 14.0. The van der Waals surface area contributed by atoms with E-state index >= 15 is 0 Å². The summed E-state index contributed by atoms with van der Waals surface area (Å²) < 4.78 is 45.8. The number of likely N-dealkylation sites (tertiary alicyclic amines) is 1. The lowest BCUT2D eigenvalue weighted by molar-refractivity contribution is -0.148. The predicted octanol–water partition coefficient (Wildman–Crippen LogP) is 2.30. The Morgan fingerprint density at radius 3 is 2.67 bits per heavy atom. The van der Waals surface area contributed by atoms with Gasteiger partial charge in [0.1, 0.15) is 11.9 Å². The van der Waals surface area contributed by atoms with Gasteiger partial charge in [-0.25, -0.2) is 18.0 Å². The lowest BCUT2D eigenvalue weighted by Gasteiger charge is -2.26. The molecular weight excluding hydrogens is 401 g/mol. The molecule has 1 aliphatic heterocycles. The highest BCUT2D eigenvalue weighted by molar-refractivity contribution is 5.86. The molecule has 0 bridgehead atoms. The molecule has 1 fully saturated rings.